The third-order valence-corrected chi connectivity index (χ3v) is 4.34. The van der Waals surface area contributed by atoms with E-state index in [1.165, 1.54) is 0 Å². The molecule has 0 unspecified atom stereocenters. The summed E-state index contributed by atoms with van der Waals surface area (Å²) in [5, 5.41) is 8.72. The lowest BCUT2D eigenvalue weighted by Crippen LogP contribution is -2.22. The molecule has 6 heteroatoms. The third kappa shape index (κ3) is 6.38. The highest BCUT2D eigenvalue weighted by Crippen LogP contribution is 2.24. The molecule has 0 atom stereocenters. The van der Waals surface area contributed by atoms with Gasteiger partial charge in [-0.2, -0.15) is 0 Å². The number of amides is 2. The van der Waals surface area contributed by atoms with Crippen LogP contribution in [-0.2, 0) is 16.2 Å². The standard InChI is InChI=1S/C24H25N3O3/c1-2-23(28)26-19-12-14-20(15-13-19)27-24(29)16-25-21-10-6-7-11-22(21)30-17-18-8-4-3-5-9-18/h3-15,25H,2,16-17H2,1H3,(H,26,28)(H,27,29). The van der Waals surface area contributed by atoms with Gasteiger partial charge in [0.15, 0.2) is 0 Å². The molecule has 3 rings (SSSR count). The van der Waals surface area contributed by atoms with Crippen LogP contribution in [0.2, 0.25) is 0 Å². The summed E-state index contributed by atoms with van der Waals surface area (Å²) < 4.78 is 5.90. The molecule has 0 heterocycles. The Morgan fingerprint density at radius 1 is 0.767 bits per heavy atom. The SMILES string of the molecule is CCC(=O)Nc1ccc(NC(=O)CNc2ccccc2OCc2ccccc2)cc1. The van der Waals surface area contributed by atoms with Gasteiger partial charge in [0.05, 0.1) is 12.2 Å². The number of hydrogen-bond acceptors (Lipinski definition) is 4. The van der Waals surface area contributed by atoms with Crippen LogP contribution in [0.15, 0.2) is 78.9 Å². The minimum atomic E-state index is -0.182. The second-order valence-corrected chi connectivity index (χ2v) is 6.65. The van der Waals surface area contributed by atoms with Gasteiger partial charge < -0.3 is 20.7 Å². The largest absolute Gasteiger partial charge is 0.487 e. The zero-order valence-corrected chi connectivity index (χ0v) is 16.9. The fourth-order valence-electron chi connectivity index (χ4n) is 2.74. The summed E-state index contributed by atoms with van der Waals surface area (Å²) in [5.74, 6) is 0.451. The van der Waals surface area contributed by atoms with Gasteiger partial charge in [0.25, 0.3) is 0 Å². The number of anilines is 3. The zero-order valence-electron chi connectivity index (χ0n) is 16.9. The molecule has 2 amide bonds. The second kappa shape index (κ2) is 10.7. The zero-order chi connectivity index (χ0) is 21.2. The van der Waals surface area contributed by atoms with Crippen molar-refractivity contribution < 1.29 is 14.3 Å². The molecule has 0 bridgehead atoms. The van der Waals surface area contributed by atoms with E-state index in [0.717, 1.165) is 11.3 Å². The summed E-state index contributed by atoms with van der Waals surface area (Å²) in [6, 6.07) is 24.4. The van der Waals surface area contributed by atoms with E-state index < -0.39 is 0 Å². The lowest BCUT2D eigenvalue weighted by atomic mass is 10.2. The molecule has 6 nitrogen and oxygen atoms in total. The lowest BCUT2D eigenvalue weighted by Gasteiger charge is -2.13. The van der Waals surface area contributed by atoms with E-state index in [9.17, 15) is 9.59 Å². The Labute approximate surface area is 176 Å². The number of nitrogens with one attached hydrogen (secondary N) is 3. The maximum Gasteiger partial charge on any atom is 0.243 e. The molecule has 30 heavy (non-hydrogen) atoms. The summed E-state index contributed by atoms with van der Waals surface area (Å²) >= 11 is 0. The Morgan fingerprint density at radius 2 is 1.37 bits per heavy atom. The van der Waals surface area contributed by atoms with Gasteiger partial charge in [-0.15, -0.1) is 0 Å². The average molecular weight is 403 g/mol. The quantitative estimate of drug-likeness (QED) is 0.485. The van der Waals surface area contributed by atoms with Gasteiger partial charge in [-0.1, -0.05) is 49.4 Å². The lowest BCUT2D eigenvalue weighted by molar-refractivity contribution is -0.116. The van der Waals surface area contributed by atoms with Crippen molar-refractivity contribution in [1.82, 2.24) is 0 Å². The fraction of sp³-hybridized carbons (Fsp3) is 0.167. The molecular formula is C24H25N3O3. The number of benzene rings is 3. The van der Waals surface area contributed by atoms with Crippen molar-refractivity contribution in [3.05, 3.63) is 84.4 Å². The van der Waals surface area contributed by atoms with Gasteiger partial charge in [-0.25, -0.2) is 0 Å². The van der Waals surface area contributed by atoms with Crippen LogP contribution in [0.25, 0.3) is 0 Å². The Bertz CT molecular complexity index is 973. The predicted octanol–water partition coefficient (Wildman–Crippen LogP) is 4.66. The molecule has 0 aliphatic rings. The molecule has 0 radical (unpaired) electrons. The molecule has 0 saturated carbocycles. The Hall–Kier alpha value is -3.80. The highest BCUT2D eigenvalue weighted by Gasteiger charge is 2.07. The highest BCUT2D eigenvalue weighted by atomic mass is 16.5. The van der Waals surface area contributed by atoms with Crippen LogP contribution >= 0.6 is 0 Å². The van der Waals surface area contributed by atoms with Crippen molar-refractivity contribution >= 4 is 28.9 Å². The molecular weight excluding hydrogens is 378 g/mol. The normalized spacial score (nSPS) is 10.2. The number of ether oxygens (including phenoxy) is 1. The van der Waals surface area contributed by atoms with Crippen LogP contribution in [0.1, 0.15) is 18.9 Å². The van der Waals surface area contributed by atoms with Crippen molar-refractivity contribution in [1.29, 1.82) is 0 Å². The monoisotopic (exact) mass is 403 g/mol. The Kier molecular flexibility index (Phi) is 7.44. The number of hydrogen-bond donors (Lipinski definition) is 3. The molecule has 0 aliphatic carbocycles. The maximum absolute atomic E-state index is 12.3. The summed E-state index contributed by atoms with van der Waals surface area (Å²) in [4.78, 5) is 23.7. The Balaban J connectivity index is 1.51. The summed E-state index contributed by atoms with van der Waals surface area (Å²) in [7, 11) is 0. The van der Waals surface area contributed by atoms with Crippen LogP contribution in [0, 0.1) is 0 Å². The minimum absolute atomic E-state index is 0.0517. The third-order valence-electron chi connectivity index (χ3n) is 4.34. The molecule has 3 aromatic rings. The number of rotatable bonds is 9. The number of carbonyl (C=O) groups is 2. The number of para-hydroxylation sites is 2. The molecule has 0 saturated heterocycles. The van der Waals surface area contributed by atoms with Crippen LogP contribution in [0.5, 0.6) is 5.75 Å². The van der Waals surface area contributed by atoms with Gasteiger partial charge in [-0.3, -0.25) is 9.59 Å². The van der Waals surface area contributed by atoms with Crippen molar-refractivity contribution in [2.24, 2.45) is 0 Å². The molecule has 0 fully saturated rings. The van der Waals surface area contributed by atoms with Gasteiger partial charge in [-0.05, 0) is 42.0 Å². The van der Waals surface area contributed by atoms with Gasteiger partial charge in [0.2, 0.25) is 11.8 Å². The molecule has 0 aliphatic heterocycles. The van der Waals surface area contributed by atoms with Crippen molar-refractivity contribution in [3.63, 3.8) is 0 Å². The van der Waals surface area contributed by atoms with Crippen LogP contribution in [0.3, 0.4) is 0 Å². The van der Waals surface area contributed by atoms with Crippen molar-refractivity contribution in [3.8, 4) is 5.75 Å². The van der Waals surface area contributed by atoms with Crippen LogP contribution in [-0.4, -0.2) is 18.4 Å². The first-order valence-electron chi connectivity index (χ1n) is 9.83. The van der Waals surface area contributed by atoms with E-state index in [2.05, 4.69) is 16.0 Å². The molecule has 0 aromatic heterocycles. The minimum Gasteiger partial charge on any atom is -0.487 e. The van der Waals surface area contributed by atoms with E-state index in [4.69, 9.17) is 4.74 Å². The van der Waals surface area contributed by atoms with Crippen LogP contribution < -0.4 is 20.7 Å². The van der Waals surface area contributed by atoms with Crippen LogP contribution in [0.4, 0.5) is 17.1 Å². The van der Waals surface area contributed by atoms with E-state index in [1.807, 2.05) is 54.6 Å². The van der Waals surface area contributed by atoms with Gasteiger partial charge >= 0.3 is 0 Å². The van der Waals surface area contributed by atoms with Crippen molar-refractivity contribution in [2.45, 2.75) is 20.0 Å². The maximum atomic E-state index is 12.3. The average Bonchev–Trinajstić information content (AvgIpc) is 2.78. The van der Waals surface area contributed by atoms with E-state index in [0.29, 0.717) is 30.2 Å². The van der Waals surface area contributed by atoms with E-state index in [1.54, 1.807) is 31.2 Å². The molecule has 3 N–H and O–H groups in total. The highest BCUT2D eigenvalue weighted by molar-refractivity contribution is 5.95. The summed E-state index contributed by atoms with van der Waals surface area (Å²) in [5.41, 5.74) is 3.18. The fourth-order valence-corrected chi connectivity index (χ4v) is 2.74. The smallest absolute Gasteiger partial charge is 0.243 e. The number of carbonyl (C=O) groups excluding carboxylic acids is 2. The summed E-state index contributed by atoms with van der Waals surface area (Å²) in [6.45, 7) is 2.34. The Morgan fingerprint density at radius 3 is 2.03 bits per heavy atom. The summed E-state index contributed by atoms with van der Waals surface area (Å²) in [6.07, 6.45) is 0.417. The van der Waals surface area contributed by atoms with E-state index >= 15 is 0 Å². The molecule has 0 spiro atoms. The molecule has 154 valence electrons. The predicted molar refractivity (Wildman–Crippen MR) is 120 cm³/mol. The topological polar surface area (TPSA) is 79.5 Å². The van der Waals surface area contributed by atoms with Gasteiger partial charge in [0, 0.05) is 17.8 Å². The first kappa shape index (κ1) is 20.9. The van der Waals surface area contributed by atoms with E-state index in [-0.39, 0.29) is 18.4 Å². The first-order valence-corrected chi connectivity index (χ1v) is 9.83. The second-order valence-electron chi connectivity index (χ2n) is 6.65. The molecule has 3 aromatic carbocycles. The first-order chi connectivity index (χ1) is 14.6. The van der Waals surface area contributed by atoms with Gasteiger partial charge in [0.1, 0.15) is 12.4 Å². The van der Waals surface area contributed by atoms with Crippen molar-refractivity contribution in [2.75, 3.05) is 22.5 Å².